The topological polar surface area (TPSA) is 24.1 Å². The van der Waals surface area contributed by atoms with Crippen LogP contribution in [0.5, 0.6) is 0 Å². The molecule has 0 amide bonds. The summed E-state index contributed by atoms with van der Waals surface area (Å²) in [6.07, 6.45) is 12.3. The molecule has 0 fully saturated rings. The molecule has 0 atom stereocenters. The van der Waals surface area contributed by atoms with Crippen LogP contribution in [0.2, 0.25) is 0 Å². The number of anilines is 4. The Labute approximate surface area is 291 Å². The van der Waals surface area contributed by atoms with E-state index in [2.05, 4.69) is 149 Å². The smallest absolute Gasteiger partial charge is 0.0413 e. The summed E-state index contributed by atoms with van der Waals surface area (Å²) in [5.41, 5.74) is 18.2. The maximum atomic E-state index is 3.66. The van der Waals surface area contributed by atoms with Gasteiger partial charge in [-0.15, -0.1) is 0 Å². The molecule has 2 N–H and O–H groups in total. The van der Waals surface area contributed by atoms with E-state index in [4.69, 9.17) is 0 Å². The van der Waals surface area contributed by atoms with Crippen molar-refractivity contribution in [3.63, 3.8) is 0 Å². The minimum absolute atomic E-state index is 1.10. The summed E-state index contributed by atoms with van der Waals surface area (Å²) in [5.74, 6) is 0. The number of unbranched alkanes of at least 4 members (excludes halogenated alkanes) is 6. The second-order valence-corrected chi connectivity index (χ2v) is 13.7. The molecule has 5 rings (SSSR count). The predicted octanol–water partition coefficient (Wildman–Crippen LogP) is 14.0. The van der Waals surface area contributed by atoms with Crippen molar-refractivity contribution in [3.8, 4) is 22.3 Å². The van der Waals surface area contributed by atoms with Gasteiger partial charge >= 0.3 is 0 Å². The van der Waals surface area contributed by atoms with E-state index in [0.717, 1.165) is 35.6 Å². The van der Waals surface area contributed by atoms with Gasteiger partial charge in [0, 0.05) is 22.7 Å². The number of benzene rings is 5. The lowest BCUT2D eigenvalue weighted by atomic mass is 9.85. The summed E-state index contributed by atoms with van der Waals surface area (Å²) in [4.78, 5) is 0. The Morgan fingerprint density at radius 1 is 0.396 bits per heavy atom. The van der Waals surface area contributed by atoms with Crippen LogP contribution in [-0.2, 0) is 12.8 Å². The van der Waals surface area contributed by atoms with Gasteiger partial charge in [0.25, 0.3) is 0 Å². The van der Waals surface area contributed by atoms with Crippen LogP contribution >= 0.6 is 0 Å². The molecule has 5 aromatic carbocycles. The summed E-state index contributed by atoms with van der Waals surface area (Å²) in [7, 11) is 0. The van der Waals surface area contributed by atoms with E-state index in [1.807, 2.05) is 0 Å². The van der Waals surface area contributed by atoms with Crippen molar-refractivity contribution in [3.05, 3.63) is 130 Å². The number of nitrogens with one attached hydrogen (secondary N) is 2. The third-order valence-electron chi connectivity index (χ3n) is 9.81. The van der Waals surface area contributed by atoms with E-state index in [1.165, 1.54) is 107 Å². The lowest BCUT2D eigenvalue weighted by Gasteiger charge is -2.21. The van der Waals surface area contributed by atoms with E-state index < -0.39 is 0 Å². The highest BCUT2D eigenvalue weighted by Gasteiger charge is 2.17. The maximum Gasteiger partial charge on any atom is 0.0413 e. The van der Waals surface area contributed by atoms with Gasteiger partial charge in [0.05, 0.1) is 0 Å². The van der Waals surface area contributed by atoms with Crippen molar-refractivity contribution in [1.82, 2.24) is 0 Å². The highest BCUT2D eigenvalue weighted by atomic mass is 14.9. The highest BCUT2D eigenvalue weighted by Crippen LogP contribution is 2.39. The molecule has 0 spiro atoms. The van der Waals surface area contributed by atoms with Gasteiger partial charge in [0.15, 0.2) is 0 Å². The van der Waals surface area contributed by atoms with Crippen molar-refractivity contribution in [2.24, 2.45) is 0 Å². The Bertz CT molecular complexity index is 1660. The van der Waals surface area contributed by atoms with E-state index in [0.29, 0.717) is 0 Å². The summed E-state index contributed by atoms with van der Waals surface area (Å²) >= 11 is 0. The first-order valence-electron chi connectivity index (χ1n) is 18.4. The summed E-state index contributed by atoms with van der Waals surface area (Å²) < 4.78 is 0. The zero-order chi connectivity index (χ0) is 33.9. The van der Waals surface area contributed by atoms with E-state index in [1.54, 1.807) is 0 Å². The summed E-state index contributed by atoms with van der Waals surface area (Å²) in [5, 5.41) is 7.32. The van der Waals surface area contributed by atoms with Crippen molar-refractivity contribution in [2.45, 2.75) is 106 Å². The molecule has 0 unspecified atom stereocenters. The molecule has 2 nitrogen and oxygen atoms in total. The van der Waals surface area contributed by atoms with Gasteiger partial charge in [-0.05, 0) is 145 Å². The van der Waals surface area contributed by atoms with E-state index in [-0.39, 0.29) is 0 Å². The van der Waals surface area contributed by atoms with Gasteiger partial charge in [-0.1, -0.05) is 113 Å². The van der Waals surface area contributed by atoms with Crippen molar-refractivity contribution < 1.29 is 0 Å². The molecule has 250 valence electrons. The zero-order valence-electron chi connectivity index (χ0n) is 30.3. The fourth-order valence-electron chi connectivity index (χ4n) is 6.91. The van der Waals surface area contributed by atoms with Gasteiger partial charge in [-0.3, -0.25) is 0 Å². The van der Waals surface area contributed by atoms with Gasteiger partial charge < -0.3 is 10.6 Å². The zero-order valence-corrected chi connectivity index (χ0v) is 30.3. The molecule has 0 radical (unpaired) electrons. The summed E-state index contributed by atoms with van der Waals surface area (Å²) in [6.45, 7) is 13.5. The Kier molecular flexibility index (Phi) is 12.5. The van der Waals surface area contributed by atoms with Gasteiger partial charge in [0.1, 0.15) is 0 Å². The van der Waals surface area contributed by atoms with Crippen LogP contribution in [0.4, 0.5) is 22.7 Å². The third-order valence-corrected chi connectivity index (χ3v) is 9.81. The Balaban J connectivity index is 1.55. The second kappa shape index (κ2) is 17.2. The molecule has 0 saturated heterocycles. The van der Waals surface area contributed by atoms with Crippen LogP contribution in [0.25, 0.3) is 22.3 Å². The fourth-order valence-corrected chi connectivity index (χ4v) is 6.91. The number of aryl methyl sites for hydroxylation is 6. The number of para-hydroxylation sites is 2. The Morgan fingerprint density at radius 2 is 0.812 bits per heavy atom. The largest absolute Gasteiger partial charge is 0.355 e. The van der Waals surface area contributed by atoms with E-state index >= 15 is 0 Å². The number of hydrogen-bond donors (Lipinski definition) is 2. The molecule has 2 heteroatoms. The normalized spacial score (nSPS) is 11.1. The fraction of sp³-hybridized carbons (Fsp3) is 0.348. The number of hydrogen-bond acceptors (Lipinski definition) is 2. The average molecular weight is 637 g/mol. The van der Waals surface area contributed by atoms with Crippen molar-refractivity contribution >= 4 is 22.7 Å². The second-order valence-electron chi connectivity index (χ2n) is 13.7. The van der Waals surface area contributed by atoms with Crippen molar-refractivity contribution in [2.75, 3.05) is 10.6 Å². The monoisotopic (exact) mass is 636 g/mol. The molecule has 0 heterocycles. The first-order valence-corrected chi connectivity index (χ1v) is 18.4. The van der Waals surface area contributed by atoms with Crippen LogP contribution < -0.4 is 10.6 Å². The molecule has 0 saturated carbocycles. The standard InChI is InChI=1S/C46H56N2/c1-7-9-11-13-21-37-31-44(42-28-26-40(30-36(42)6)48-46-24-18-16-20-34(46)4)38(22-14-12-10-8-2)32-43(37)41-27-25-39(29-35(41)5)47-45-23-17-15-19-33(45)3/h15-20,23-32,47-48H,7-14,21-22H2,1-6H3. The van der Waals surface area contributed by atoms with Crippen LogP contribution in [0.1, 0.15) is 98.6 Å². The van der Waals surface area contributed by atoms with Gasteiger partial charge in [-0.2, -0.15) is 0 Å². The SMILES string of the molecule is CCCCCCc1cc(-c2ccc(Nc3ccccc3C)cc2C)c(CCCCCC)cc1-c1ccc(Nc2ccccc2C)cc1C. The Hall–Kier alpha value is -4.30. The molecular weight excluding hydrogens is 581 g/mol. The minimum atomic E-state index is 1.10. The average Bonchev–Trinajstić information content (AvgIpc) is 3.08. The first kappa shape index (κ1) is 35.0. The molecule has 0 aliphatic carbocycles. The van der Waals surface area contributed by atoms with Gasteiger partial charge in [-0.25, -0.2) is 0 Å². The summed E-state index contributed by atoms with van der Waals surface area (Å²) in [6, 6.07) is 36.0. The number of rotatable bonds is 16. The lowest BCUT2D eigenvalue weighted by molar-refractivity contribution is 0.664. The van der Waals surface area contributed by atoms with Gasteiger partial charge in [0.2, 0.25) is 0 Å². The third kappa shape index (κ3) is 8.98. The van der Waals surface area contributed by atoms with Crippen LogP contribution in [-0.4, -0.2) is 0 Å². The van der Waals surface area contributed by atoms with E-state index in [9.17, 15) is 0 Å². The quantitative estimate of drug-likeness (QED) is 0.105. The minimum Gasteiger partial charge on any atom is -0.355 e. The van der Waals surface area contributed by atoms with Crippen LogP contribution in [0.15, 0.2) is 97.1 Å². The molecule has 48 heavy (non-hydrogen) atoms. The molecule has 5 aromatic rings. The molecule has 0 aliphatic heterocycles. The highest BCUT2D eigenvalue weighted by molar-refractivity contribution is 5.82. The maximum absolute atomic E-state index is 3.66. The molecule has 0 bridgehead atoms. The predicted molar refractivity (Wildman–Crippen MR) is 211 cm³/mol. The van der Waals surface area contributed by atoms with Crippen LogP contribution in [0.3, 0.4) is 0 Å². The Morgan fingerprint density at radius 3 is 1.19 bits per heavy atom. The molecule has 0 aromatic heterocycles. The van der Waals surface area contributed by atoms with Crippen LogP contribution in [0, 0.1) is 27.7 Å². The lowest BCUT2D eigenvalue weighted by Crippen LogP contribution is -2.01. The first-order chi connectivity index (χ1) is 23.4. The molecule has 0 aliphatic rings. The van der Waals surface area contributed by atoms with Crippen molar-refractivity contribution in [1.29, 1.82) is 0 Å². The molecular formula is C46H56N2.